The van der Waals surface area contributed by atoms with Crippen molar-refractivity contribution in [3.8, 4) is 11.5 Å². The minimum Gasteiger partial charge on any atom is -0.441 e. The van der Waals surface area contributed by atoms with Gasteiger partial charge in [0, 0.05) is 35.7 Å². The molecule has 0 saturated carbocycles. The smallest absolute Gasteiger partial charge is 0.254 e. The zero-order chi connectivity index (χ0) is 18.2. The fourth-order valence-corrected chi connectivity index (χ4v) is 3.54. The van der Waals surface area contributed by atoms with E-state index >= 15 is 0 Å². The van der Waals surface area contributed by atoms with Gasteiger partial charge in [0.1, 0.15) is 11.5 Å². The number of pyridine rings is 1. The molecule has 0 radical (unpaired) electrons. The Kier molecular flexibility index (Phi) is 3.71. The summed E-state index contributed by atoms with van der Waals surface area (Å²) in [6, 6.07) is 19.3. The topological polar surface area (TPSA) is 59.2 Å². The quantitative estimate of drug-likeness (QED) is 0.543. The summed E-state index contributed by atoms with van der Waals surface area (Å²) in [5, 5.41) is 0.876. The molecule has 27 heavy (non-hydrogen) atoms. The van der Waals surface area contributed by atoms with Gasteiger partial charge in [-0.15, -0.1) is 0 Å². The Balaban J connectivity index is 1.45. The SMILES string of the molecule is O=C(c1cccc2ncccc12)N1CCc2oc(-c3ccccc3)nc2C1. The van der Waals surface area contributed by atoms with Crippen molar-refractivity contribution in [3.05, 3.63) is 83.9 Å². The molecule has 0 spiro atoms. The van der Waals surface area contributed by atoms with Crippen molar-refractivity contribution >= 4 is 16.8 Å². The molecule has 3 heterocycles. The molecule has 5 nitrogen and oxygen atoms in total. The van der Waals surface area contributed by atoms with Gasteiger partial charge < -0.3 is 9.32 Å². The maximum atomic E-state index is 13.1. The molecule has 0 bridgehead atoms. The van der Waals surface area contributed by atoms with Gasteiger partial charge in [-0.1, -0.05) is 30.3 Å². The molecule has 2 aromatic carbocycles. The summed E-state index contributed by atoms with van der Waals surface area (Å²) in [7, 11) is 0. The van der Waals surface area contributed by atoms with Crippen molar-refractivity contribution in [2.75, 3.05) is 6.54 Å². The zero-order valence-corrected chi connectivity index (χ0v) is 14.6. The van der Waals surface area contributed by atoms with E-state index in [1.807, 2.05) is 65.6 Å². The van der Waals surface area contributed by atoms with Gasteiger partial charge in [-0.2, -0.15) is 0 Å². The lowest BCUT2D eigenvalue weighted by Gasteiger charge is -2.25. The van der Waals surface area contributed by atoms with Gasteiger partial charge in [-0.3, -0.25) is 9.78 Å². The van der Waals surface area contributed by atoms with E-state index in [-0.39, 0.29) is 5.91 Å². The summed E-state index contributed by atoms with van der Waals surface area (Å²) >= 11 is 0. The fourth-order valence-electron chi connectivity index (χ4n) is 3.54. The first-order chi connectivity index (χ1) is 13.3. The molecule has 5 heteroatoms. The highest BCUT2D eigenvalue weighted by Gasteiger charge is 2.27. The molecule has 132 valence electrons. The van der Waals surface area contributed by atoms with Crippen LogP contribution < -0.4 is 0 Å². The van der Waals surface area contributed by atoms with Crippen LogP contribution in [0.1, 0.15) is 21.8 Å². The molecular formula is C22H17N3O2. The predicted molar refractivity (Wildman–Crippen MR) is 102 cm³/mol. The molecule has 1 amide bonds. The normalized spacial score (nSPS) is 13.6. The highest BCUT2D eigenvalue weighted by Crippen LogP contribution is 2.27. The van der Waals surface area contributed by atoms with Gasteiger partial charge in [0.15, 0.2) is 0 Å². The van der Waals surface area contributed by atoms with Crippen LogP contribution in [0.4, 0.5) is 0 Å². The van der Waals surface area contributed by atoms with E-state index in [2.05, 4.69) is 9.97 Å². The van der Waals surface area contributed by atoms with Crippen LogP contribution in [-0.2, 0) is 13.0 Å². The van der Waals surface area contributed by atoms with Crippen LogP contribution in [0.25, 0.3) is 22.4 Å². The number of carbonyl (C=O) groups is 1. The number of nitrogens with zero attached hydrogens (tertiary/aromatic N) is 3. The third-order valence-corrected chi connectivity index (χ3v) is 4.91. The summed E-state index contributed by atoms with van der Waals surface area (Å²) < 4.78 is 5.94. The fraction of sp³-hybridized carbons (Fsp3) is 0.136. The molecule has 0 saturated heterocycles. The number of aromatic nitrogens is 2. The first-order valence-electron chi connectivity index (χ1n) is 8.96. The summed E-state index contributed by atoms with van der Waals surface area (Å²) in [6.07, 6.45) is 2.41. The Bertz CT molecular complexity index is 1130. The van der Waals surface area contributed by atoms with Crippen LogP contribution in [0.3, 0.4) is 0 Å². The van der Waals surface area contributed by atoms with Crippen LogP contribution in [-0.4, -0.2) is 27.3 Å². The molecule has 4 aromatic rings. The number of hydrogen-bond acceptors (Lipinski definition) is 4. The first kappa shape index (κ1) is 15.8. The van der Waals surface area contributed by atoms with Gasteiger partial charge in [-0.05, 0) is 30.3 Å². The summed E-state index contributed by atoms with van der Waals surface area (Å²) in [5.74, 6) is 1.49. The van der Waals surface area contributed by atoms with Crippen LogP contribution in [0.5, 0.6) is 0 Å². The molecule has 0 unspecified atom stereocenters. The summed E-state index contributed by atoms with van der Waals surface area (Å²) in [6.45, 7) is 1.08. The largest absolute Gasteiger partial charge is 0.441 e. The van der Waals surface area contributed by atoms with Crippen molar-refractivity contribution in [1.29, 1.82) is 0 Å². The Morgan fingerprint density at radius 1 is 1.00 bits per heavy atom. The van der Waals surface area contributed by atoms with Crippen LogP contribution in [0.15, 0.2) is 71.3 Å². The lowest BCUT2D eigenvalue weighted by atomic mass is 10.1. The minimum absolute atomic E-state index is 0.00325. The third-order valence-electron chi connectivity index (χ3n) is 4.91. The first-order valence-corrected chi connectivity index (χ1v) is 8.96. The Morgan fingerprint density at radius 3 is 2.78 bits per heavy atom. The van der Waals surface area contributed by atoms with E-state index in [9.17, 15) is 4.79 Å². The van der Waals surface area contributed by atoms with E-state index in [0.29, 0.717) is 31.0 Å². The van der Waals surface area contributed by atoms with Crippen LogP contribution in [0, 0.1) is 0 Å². The van der Waals surface area contributed by atoms with Crippen molar-refractivity contribution in [3.63, 3.8) is 0 Å². The molecule has 1 aliphatic rings. The van der Waals surface area contributed by atoms with E-state index in [1.54, 1.807) is 6.20 Å². The summed E-state index contributed by atoms with van der Waals surface area (Å²) in [5.41, 5.74) is 3.29. The van der Waals surface area contributed by atoms with Crippen molar-refractivity contribution < 1.29 is 9.21 Å². The number of fused-ring (bicyclic) bond motifs is 2. The Hall–Kier alpha value is -3.47. The lowest BCUT2D eigenvalue weighted by Crippen LogP contribution is -2.35. The van der Waals surface area contributed by atoms with E-state index in [1.165, 1.54) is 0 Å². The third kappa shape index (κ3) is 2.77. The van der Waals surface area contributed by atoms with Gasteiger partial charge in [-0.25, -0.2) is 4.98 Å². The monoisotopic (exact) mass is 355 g/mol. The Morgan fingerprint density at radius 2 is 1.89 bits per heavy atom. The maximum Gasteiger partial charge on any atom is 0.254 e. The van der Waals surface area contributed by atoms with Crippen LogP contribution in [0.2, 0.25) is 0 Å². The molecule has 0 fully saturated rings. The standard InChI is InChI=1S/C22H17N3O2/c26-22(17-8-4-10-18-16(17)9-5-12-23-18)25-13-11-20-19(14-25)24-21(27-20)15-6-2-1-3-7-15/h1-10,12H,11,13-14H2. The maximum absolute atomic E-state index is 13.1. The van der Waals surface area contributed by atoms with Gasteiger partial charge in [0.2, 0.25) is 5.89 Å². The average molecular weight is 355 g/mol. The molecule has 0 N–H and O–H groups in total. The van der Waals surface area contributed by atoms with Gasteiger partial charge >= 0.3 is 0 Å². The predicted octanol–water partition coefficient (Wildman–Crippen LogP) is 4.09. The molecule has 0 aliphatic carbocycles. The molecule has 1 aliphatic heterocycles. The van der Waals surface area contributed by atoms with Gasteiger partial charge in [0.25, 0.3) is 5.91 Å². The zero-order valence-electron chi connectivity index (χ0n) is 14.6. The van der Waals surface area contributed by atoms with E-state index in [0.717, 1.165) is 27.9 Å². The number of carbonyl (C=O) groups excluding carboxylic acids is 1. The van der Waals surface area contributed by atoms with Crippen molar-refractivity contribution in [1.82, 2.24) is 14.9 Å². The van der Waals surface area contributed by atoms with Gasteiger partial charge in [0.05, 0.1) is 12.1 Å². The highest BCUT2D eigenvalue weighted by atomic mass is 16.4. The van der Waals surface area contributed by atoms with E-state index in [4.69, 9.17) is 4.42 Å². The number of benzene rings is 2. The summed E-state index contributed by atoms with van der Waals surface area (Å²) in [4.78, 5) is 24.0. The number of hydrogen-bond donors (Lipinski definition) is 0. The number of rotatable bonds is 2. The van der Waals surface area contributed by atoms with E-state index < -0.39 is 0 Å². The minimum atomic E-state index is 0.00325. The van der Waals surface area contributed by atoms with Crippen molar-refractivity contribution in [2.45, 2.75) is 13.0 Å². The molecule has 0 atom stereocenters. The highest BCUT2D eigenvalue weighted by molar-refractivity contribution is 6.06. The molecule has 2 aromatic heterocycles. The second-order valence-corrected chi connectivity index (χ2v) is 6.61. The number of oxazole rings is 1. The molecule has 5 rings (SSSR count). The average Bonchev–Trinajstić information content (AvgIpc) is 3.17. The van der Waals surface area contributed by atoms with Crippen molar-refractivity contribution in [2.24, 2.45) is 0 Å². The second kappa shape index (κ2) is 6.36. The second-order valence-electron chi connectivity index (χ2n) is 6.61. The lowest BCUT2D eigenvalue weighted by molar-refractivity contribution is 0.0730. The van der Waals surface area contributed by atoms with Crippen LogP contribution >= 0.6 is 0 Å². The molecular weight excluding hydrogens is 338 g/mol. The number of amides is 1. The Labute approximate surface area is 156 Å².